The van der Waals surface area contributed by atoms with Gasteiger partial charge in [-0.1, -0.05) is 135 Å². The molecule has 0 saturated heterocycles. The number of anilines is 3. The van der Waals surface area contributed by atoms with E-state index in [0.717, 1.165) is 44.7 Å². The first kappa shape index (κ1) is 29.6. The number of furan rings is 1. The predicted octanol–water partition coefficient (Wildman–Crippen LogP) is 14.6. The van der Waals surface area contributed by atoms with Gasteiger partial charge >= 0.3 is 0 Å². The van der Waals surface area contributed by atoms with Gasteiger partial charge in [0.2, 0.25) is 0 Å². The molecule has 1 aliphatic carbocycles. The monoisotopic (exact) mass is 683 g/mol. The summed E-state index contributed by atoms with van der Waals surface area (Å²) in [6, 6.07) is 59.5. The van der Waals surface area contributed by atoms with Crippen molar-refractivity contribution in [1.29, 1.82) is 0 Å². The molecule has 0 bridgehead atoms. The molecule has 0 atom stereocenters. The molecular weight excluding hydrogens is 651 g/mol. The molecule has 0 fully saturated rings. The van der Waals surface area contributed by atoms with Gasteiger partial charge in [-0.15, -0.1) is 11.3 Å². The Hall–Kier alpha value is -6.16. The summed E-state index contributed by atoms with van der Waals surface area (Å²) < 4.78 is 9.87. The highest BCUT2D eigenvalue weighted by Gasteiger charge is 2.42. The molecule has 1 aliphatic rings. The second kappa shape index (κ2) is 10.9. The summed E-state index contributed by atoms with van der Waals surface area (Å²) in [6.45, 7) is 4.77. The van der Waals surface area contributed by atoms with Crippen molar-refractivity contribution in [2.75, 3.05) is 4.90 Å². The van der Waals surface area contributed by atoms with Crippen molar-refractivity contribution < 1.29 is 4.42 Å². The van der Waals surface area contributed by atoms with Gasteiger partial charge in [0.15, 0.2) is 0 Å². The van der Waals surface area contributed by atoms with E-state index in [1.807, 2.05) is 11.3 Å². The smallest absolute Gasteiger partial charge is 0.144 e. The van der Waals surface area contributed by atoms with Gasteiger partial charge < -0.3 is 9.32 Å². The highest BCUT2D eigenvalue weighted by Crippen LogP contribution is 2.60. The Balaban J connectivity index is 1.27. The minimum atomic E-state index is -0.272. The second-order valence-corrected chi connectivity index (χ2v) is 15.5. The number of hydrogen-bond acceptors (Lipinski definition) is 3. The average Bonchev–Trinajstić information content (AvgIpc) is 3.84. The number of benzene rings is 8. The van der Waals surface area contributed by atoms with Crippen LogP contribution >= 0.6 is 11.3 Å². The van der Waals surface area contributed by atoms with Gasteiger partial charge in [-0.05, 0) is 69.9 Å². The largest absolute Gasteiger partial charge is 0.455 e. The van der Waals surface area contributed by atoms with Crippen LogP contribution in [-0.4, -0.2) is 0 Å². The molecule has 246 valence electrons. The third-order valence-corrected chi connectivity index (χ3v) is 12.4. The standard InChI is InChI=1S/C49H33NOS/c1-49(2)39-24-14-25-40(50(31-17-7-4-8-18-31)32-27-28-42-38(29-32)34-19-11-12-26-41(34)52-42)44(39)45-46(49)36-21-10-9-20-35(36)43-37-23-13-22-33(47(37)51-48(43)45)30-15-5-3-6-16-30/h3-29H,1-2H3. The van der Waals surface area contributed by atoms with Gasteiger partial charge in [0.25, 0.3) is 0 Å². The third-order valence-electron chi connectivity index (χ3n) is 11.2. The summed E-state index contributed by atoms with van der Waals surface area (Å²) in [5, 5.41) is 7.42. The van der Waals surface area contributed by atoms with Gasteiger partial charge in [-0.3, -0.25) is 0 Å². The van der Waals surface area contributed by atoms with E-state index in [-0.39, 0.29) is 5.41 Å². The van der Waals surface area contributed by atoms with Crippen molar-refractivity contribution in [1.82, 2.24) is 0 Å². The van der Waals surface area contributed by atoms with E-state index in [4.69, 9.17) is 4.42 Å². The van der Waals surface area contributed by atoms with E-state index in [1.54, 1.807) is 0 Å². The molecule has 3 heteroatoms. The fraction of sp³-hybridized carbons (Fsp3) is 0.0612. The molecule has 0 radical (unpaired) electrons. The van der Waals surface area contributed by atoms with E-state index >= 15 is 0 Å². The van der Waals surface area contributed by atoms with E-state index in [9.17, 15) is 0 Å². The van der Waals surface area contributed by atoms with Crippen LogP contribution in [0, 0.1) is 0 Å². The van der Waals surface area contributed by atoms with E-state index in [2.05, 4.69) is 183 Å². The number of nitrogens with zero attached hydrogens (tertiary/aromatic N) is 1. The number of hydrogen-bond donors (Lipinski definition) is 0. The summed E-state index contributed by atoms with van der Waals surface area (Å²) >= 11 is 1.86. The number of fused-ring (bicyclic) bond motifs is 13. The lowest BCUT2D eigenvalue weighted by Crippen LogP contribution is -2.16. The highest BCUT2D eigenvalue weighted by molar-refractivity contribution is 7.25. The first-order valence-corrected chi connectivity index (χ1v) is 18.8. The minimum absolute atomic E-state index is 0.272. The van der Waals surface area contributed by atoms with Crippen LogP contribution in [0.1, 0.15) is 25.0 Å². The van der Waals surface area contributed by atoms with Crippen molar-refractivity contribution in [3.05, 3.63) is 175 Å². The molecule has 10 aromatic rings. The molecule has 2 nitrogen and oxygen atoms in total. The topological polar surface area (TPSA) is 16.4 Å². The zero-order chi connectivity index (χ0) is 34.6. The van der Waals surface area contributed by atoms with Gasteiger partial charge in [-0.2, -0.15) is 0 Å². The van der Waals surface area contributed by atoms with Crippen LogP contribution in [0.3, 0.4) is 0 Å². The Labute approximate surface area is 305 Å². The lowest BCUT2D eigenvalue weighted by molar-refractivity contribution is 0.658. The Morgan fingerprint density at radius 1 is 0.500 bits per heavy atom. The molecule has 52 heavy (non-hydrogen) atoms. The molecule has 8 aromatic carbocycles. The maximum Gasteiger partial charge on any atom is 0.144 e. The van der Waals surface area contributed by atoms with Crippen molar-refractivity contribution in [3.63, 3.8) is 0 Å². The van der Waals surface area contributed by atoms with Crippen LogP contribution in [0.15, 0.2) is 168 Å². The summed E-state index contributed by atoms with van der Waals surface area (Å²) in [5.41, 5.74) is 12.3. The highest BCUT2D eigenvalue weighted by atomic mass is 32.1. The SMILES string of the molecule is CC1(C)c2cccc(N(c3ccccc3)c3ccc4sc5ccccc5c4c3)c2-c2c1c1ccccc1c1c2oc2c(-c3ccccc3)cccc21. The number of rotatable bonds is 4. The lowest BCUT2D eigenvalue weighted by atomic mass is 9.79. The summed E-state index contributed by atoms with van der Waals surface area (Å²) in [5.74, 6) is 0. The van der Waals surface area contributed by atoms with E-state index < -0.39 is 0 Å². The molecule has 2 aromatic heterocycles. The van der Waals surface area contributed by atoms with Crippen LogP contribution in [-0.2, 0) is 5.41 Å². The lowest BCUT2D eigenvalue weighted by Gasteiger charge is -2.29. The normalized spacial score (nSPS) is 13.3. The Kier molecular flexibility index (Phi) is 6.21. The second-order valence-electron chi connectivity index (χ2n) is 14.4. The quantitative estimate of drug-likeness (QED) is 0.184. The molecule has 0 amide bonds. The van der Waals surface area contributed by atoms with Crippen molar-refractivity contribution in [2.45, 2.75) is 19.3 Å². The van der Waals surface area contributed by atoms with Gasteiger partial charge in [-0.25, -0.2) is 0 Å². The van der Waals surface area contributed by atoms with Crippen LogP contribution in [0.5, 0.6) is 0 Å². The van der Waals surface area contributed by atoms with Crippen molar-refractivity contribution >= 4 is 81.3 Å². The number of thiophene rings is 1. The van der Waals surface area contributed by atoms with Crippen LogP contribution in [0.25, 0.3) is 75.1 Å². The maximum atomic E-state index is 7.26. The summed E-state index contributed by atoms with van der Waals surface area (Å²) in [4.78, 5) is 2.45. The molecule has 0 spiro atoms. The first-order chi connectivity index (χ1) is 25.6. The Bertz CT molecular complexity index is 3040. The fourth-order valence-electron chi connectivity index (χ4n) is 8.96. The van der Waals surface area contributed by atoms with Crippen molar-refractivity contribution in [2.24, 2.45) is 0 Å². The van der Waals surface area contributed by atoms with Crippen LogP contribution in [0.2, 0.25) is 0 Å². The average molecular weight is 684 g/mol. The molecule has 2 heterocycles. The summed E-state index contributed by atoms with van der Waals surface area (Å²) in [6.07, 6.45) is 0. The third kappa shape index (κ3) is 4.06. The molecule has 0 aliphatic heterocycles. The zero-order valence-electron chi connectivity index (χ0n) is 28.9. The molecule has 0 saturated carbocycles. The number of para-hydroxylation sites is 2. The molecule has 11 rings (SSSR count). The van der Waals surface area contributed by atoms with Gasteiger partial charge in [0.1, 0.15) is 11.2 Å². The van der Waals surface area contributed by atoms with E-state index in [1.165, 1.54) is 58.6 Å². The fourth-order valence-corrected chi connectivity index (χ4v) is 10.1. The van der Waals surface area contributed by atoms with E-state index in [0.29, 0.717) is 0 Å². The summed E-state index contributed by atoms with van der Waals surface area (Å²) in [7, 11) is 0. The van der Waals surface area contributed by atoms with Crippen LogP contribution in [0.4, 0.5) is 17.1 Å². The zero-order valence-corrected chi connectivity index (χ0v) is 29.7. The molecule has 0 N–H and O–H groups in total. The molecule has 0 unspecified atom stereocenters. The minimum Gasteiger partial charge on any atom is -0.455 e. The van der Waals surface area contributed by atoms with Crippen LogP contribution < -0.4 is 4.90 Å². The first-order valence-electron chi connectivity index (χ1n) is 17.9. The maximum absolute atomic E-state index is 7.26. The van der Waals surface area contributed by atoms with Gasteiger partial charge in [0.05, 0.1) is 5.69 Å². The molecular formula is C49H33NOS. The predicted molar refractivity (Wildman–Crippen MR) is 222 cm³/mol. The Morgan fingerprint density at radius 2 is 1.17 bits per heavy atom. The van der Waals surface area contributed by atoms with Gasteiger partial charge in [0, 0.05) is 64.4 Å². The Morgan fingerprint density at radius 3 is 2.00 bits per heavy atom. The van der Waals surface area contributed by atoms with Crippen molar-refractivity contribution in [3.8, 4) is 22.3 Å².